The van der Waals surface area contributed by atoms with Crippen LogP contribution in [0.3, 0.4) is 0 Å². The molecule has 0 fully saturated rings. The molecular weight excluding hydrogens is 217 g/mol. The fourth-order valence-electron chi connectivity index (χ4n) is 1.07. The van der Waals surface area contributed by atoms with Crippen LogP contribution in [0.15, 0.2) is 6.20 Å². The third-order valence-corrected chi connectivity index (χ3v) is 2.00. The van der Waals surface area contributed by atoms with Gasteiger partial charge < -0.3 is 0 Å². The van der Waals surface area contributed by atoms with Gasteiger partial charge in [0, 0.05) is 11.8 Å². The minimum absolute atomic E-state index is 0.0736. The molecule has 0 saturated heterocycles. The average molecular weight is 227 g/mol. The van der Waals surface area contributed by atoms with Gasteiger partial charge in [0.25, 0.3) is 0 Å². The molecule has 14 heavy (non-hydrogen) atoms. The molecule has 1 aromatic rings. The maximum atomic E-state index is 12.0. The lowest BCUT2D eigenvalue weighted by Crippen LogP contribution is -2.17. The number of aromatic nitrogens is 2. The zero-order valence-corrected chi connectivity index (χ0v) is 8.52. The van der Waals surface area contributed by atoms with Crippen LogP contribution in [0.4, 0.5) is 13.2 Å². The molecular formula is C8H10ClF3N2. The van der Waals surface area contributed by atoms with Crippen molar-refractivity contribution in [1.29, 1.82) is 0 Å². The predicted molar refractivity (Wildman–Crippen MR) is 47.4 cm³/mol. The molecule has 0 spiro atoms. The molecule has 0 radical (unpaired) electrons. The van der Waals surface area contributed by atoms with Crippen molar-refractivity contribution in [3.8, 4) is 0 Å². The first kappa shape index (κ1) is 11.4. The van der Waals surface area contributed by atoms with Crippen LogP contribution in [-0.4, -0.2) is 16.0 Å². The zero-order chi connectivity index (χ0) is 10.9. The van der Waals surface area contributed by atoms with Crippen LogP contribution in [0.5, 0.6) is 0 Å². The molecule has 2 nitrogen and oxygen atoms in total. The quantitative estimate of drug-likeness (QED) is 0.757. The van der Waals surface area contributed by atoms with Crippen molar-refractivity contribution in [3.63, 3.8) is 0 Å². The Morgan fingerprint density at radius 3 is 2.43 bits per heavy atom. The predicted octanol–water partition coefficient (Wildman–Crippen LogP) is 3.22. The molecule has 0 aliphatic carbocycles. The van der Waals surface area contributed by atoms with E-state index in [1.807, 2.05) is 13.8 Å². The molecule has 1 heterocycles. The average Bonchev–Trinajstić information content (AvgIpc) is 2.26. The van der Waals surface area contributed by atoms with E-state index in [0.29, 0.717) is 5.56 Å². The summed E-state index contributed by atoms with van der Waals surface area (Å²) in [7, 11) is 0. The molecule has 0 amide bonds. The highest BCUT2D eigenvalue weighted by molar-refractivity contribution is 6.30. The summed E-state index contributed by atoms with van der Waals surface area (Å²) in [5.41, 5.74) is 0.635. The summed E-state index contributed by atoms with van der Waals surface area (Å²) in [6.45, 7) is 2.60. The van der Waals surface area contributed by atoms with Gasteiger partial charge in [-0.05, 0) is 5.92 Å². The van der Waals surface area contributed by atoms with Crippen molar-refractivity contribution < 1.29 is 13.2 Å². The molecule has 1 rings (SSSR count). The lowest BCUT2D eigenvalue weighted by Gasteiger charge is -2.05. The first-order valence-corrected chi connectivity index (χ1v) is 4.47. The van der Waals surface area contributed by atoms with Crippen LogP contribution in [0.2, 0.25) is 5.15 Å². The van der Waals surface area contributed by atoms with Gasteiger partial charge in [-0.25, -0.2) is 0 Å². The Morgan fingerprint density at radius 2 is 2.07 bits per heavy atom. The van der Waals surface area contributed by atoms with Gasteiger partial charge in [-0.3, -0.25) is 4.68 Å². The first-order valence-electron chi connectivity index (χ1n) is 4.09. The van der Waals surface area contributed by atoms with Crippen molar-refractivity contribution in [2.45, 2.75) is 32.5 Å². The molecule has 0 aromatic carbocycles. The highest BCUT2D eigenvalue weighted by Gasteiger charge is 2.29. The molecule has 0 aliphatic heterocycles. The SMILES string of the molecule is CC(C)c1cn(CC(F)(F)F)nc1Cl. The van der Waals surface area contributed by atoms with E-state index in [-0.39, 0.29) is 11.1 Å². The molecule has 0 saturated carbocycles. The van der Waals surface area contributed by atoms with Gasteiger partial charge in [0.2, 0.25) is 0 Å². The standard InChI is InChI=1S/C8H10ClF3N2/c1-5(2)6-3-14(13-7(6)9)4-8(10,11)12/h3,5H,4H2,1-2H3. The van der Waals surface area contributed by atoms with E-state index in [0.717, 1.165) is 4.68 Å². The smallest absolute Gasteiger partial charge is 0.262 e. The summed E-state index contributed by atoms with van der Waals surface area (Å²) in [5, 5.41) is 3.72. The van der Waals surface area contributed by atoms with Crippen molar-refractivity contribution >= 4 is 11.6 Å². The summed E-state index contributed by atoms with van der Waals surface area (Å²) in [6.07, 6.45) is -2.93. The molecule has 0 aliphatic rings. The minimum Gasteiger partial charge on any atom is -0.262 e. The zero-order valence-electron chi connectivity index (χ0n) is 7.77. The van der Waals surface area contributed by atoms with Gasteiger partial charge >= 0.3 is 6.18 Å². The Morgan fingerprint density at radius 1 is 1.50 bits per heavy atom. The highest BCUT2D eigenvalue weighted by atomic mass is 35.5. The summed E-state index contributed by atoms with van der Waals surface area (Å²) >= 11 is 5.67. The van der Waals surface area contributed by atoms with E-state index in [1.165, 1.54) is 6.20 Å². The maximum Gasteiger partial charge on any atom is 0.408 e. The van der Waals surface area contributed by atoms with Gasteiger partial charge in [0.15, 0.2) is 5.15 Å². The van der Waals surface area contributed by atoms with Gasteiger partial charge in [0.05, 0.1) is 0 Å². The molecule has 0 N–H and O–H groups in total. The van der Waals surface area contributed by atoms with E-state index >= 15 is 0 Å². The number of alkyl halides is 3. The Hall–Kier alpha value is -0.710. The Balaban J connectivity index is 2.86. The van der Waals surface area contributed by atoms with Crippen LogP contribution in [0.1, 0.15) is 25.3 Å². The fraction of sp³-hybridized carbons (Fsp3) is 0.625. The van der Waals surface area contributed by atoms with Crippen LogP contribution in [0.25, 0.3) is 0 Å². The minimum atomic E-state index is -4.26. The Kier molecular flexibility index (Phi) is 3.09. The molecule has 6 heteroatoms. The van der Waals surface area contributed by atoms with Crippen molar-refractivity contribution in [2.75, 3.05) is 0 Å². The summed E-state index contributed by atoms with van der Waals surface area (Å²) in [4.78, 5) is 0. The van der Waals surface area contributed by atoms with Crippen LogP contribution in [-0.2, 0) is 6.54 Å². The number of halogens is 4. The Labute approximate surface area is 84.7 Å². The van der Waals surface area contributed by atoms with E-state index in [2.05, 4.69) is 5.10 Å². The van der Waals surface area contributed by atoms with E-state index in [1.54, 1.807) is 0 Å². The van der Waals surface area contributed by atoms with Gasteiger partial charge in [-0.15, -0.1) is 0 Å². The van der Waals surface area contributed by atoms with Gasteiger partial charge in [-0.1, -0.05) is 25.4 Å². The molecule has 0 atom stereocenters. The monoisotopic (exact) mass is 226 g/mol. The van der Waals surface area contributed by atoms with Gasteiger partial charge in [-0.2, -0.15) is 18.3 Å². The molecule has 80 valence electrons. The lowest BCUT2D eigenvalue weighted by atomic mass is 10.1. The topological polar surface area (TPSA) is 17.8 Å². The number of rotatable bonds is 2. The second kappa shape index (κ2) is 3.81. The summed E-state index contributed by atoms with van der Waals surface area (Å²) in [5.74, 6) is 0.0736. The van der Waals surface area contributed by atoms with Crippen molar-refractivity contribution in [3.05, 3.63) is 16.9 Å². The largest absolute Gasteiger partial charge is 0.408 e. The molecule has 0 unspecified atom stereocenters. The van der Waals surface area contributed by atoms with E-state index < -0.39 is 12.7 Å². The number of hydrogen-bond acceptors (Lipinski definition) is 1. The summed E-state index contributed by atoms with van der Waals surface area (Å²) in [6, 6.07) is 0. The molecule has 0 bridgehead atoms. The van der Waals surface area contributed by atoms with E-state index in [9.17, 15) is 13.2 Å². The van der Waals surface area contributed by atoms with Crippen molar-refractivity contribution in [2.24, 2.45) is 0 Å². The van der Waals surface area contributed by atoms with Crippen LogP contribution in [0, 0.1) is 0 Å². The second-order valence-corrected chi connectivity index (χ2v) is 3.70. The van der Waals surface area contributed by atoms with Crippen LogP contribution < -0.4 is 0 Å². The third-order valence-electron chi connectivity index (χ3n) is 1.71. The normalized spacial score (nSPS) is 12.5. The lowest BCUT2D eigenvalue weighted by molar-refractivity contribution is -0.142. The van der Waals surface area contributed by atoms with Crippen molar-refractivity contribution in [1.82, 2.24) is 9.78 Å². The Bertz CT molecular complexity index is 317. The second-order valence-electron chi connectivity index (χ2n) is 3.34. The van der Waals surface area contributed by atoms with Crippen LogP contribution >= 0.6 is 11.6 Å². The maximum absolute atomic E-state index is 12.0. The third kappa shape index (κ3) is 2.90. The highest BCUT2D eigenvalue weighted by Crippen LogP contribution is 2.24. The summed E-state index contributed by atoms with van der Waals surface area (Å²) < 4.78 is 36.8. The molecule has 1 aromatic heterocycles. The van der Waals surface area contributed by atoms with Gasteiger partial charge in [0.1, 0.15) is 6.54 Å². The van der Waals surface area contributed by atoms with E-state index in [4.69, 9.17) is 11.6 Å². The number of hydrogen-bond donors (Lipinski definition) is 0. The first-order chi connectivity index (χ1) is 6.29. The fourth-order valence-corrected chi connectivity index (χ4v) is 1.43. The number of nitrogens with zero attached hydrogens (tertiary/aromatic N) is 2.